The first-order valence-corrected chi connectivity index (χ1v) is 22.1. The molecule has 0 saturated heterocycles. The Morgan fingerprint density at radius 1 is 0.560 bits per heavy atom. The number of rotatable bonds is 36. The topological polar surface area (TPSA) is 104 Å². The second kappa shape index (κ2) is 36.8. The Hall–Kier alpha value is -1.96. The molecule has 1 amide bonds. The second-order valence-corrected chi connectivity index (χ2v) is 15.4. The zero-order chi connectivity index (χ0) is 36.8. The van der Waals surface area contributed by atoms with E-state index in [1.54, 1.807) is 6.08 Å². The molecule has 0 rings (SSSR count). The second-order valence-electron chi connectivity index (χ2n) is 13.9. The molecular weight excluding hydrogens is 643 g/mol. The van der Waals surface area contributed by atoms with Crippen molar-refractivity contribution < 1.29 is 22.9 Å². The van der Waals surface area contributed by atoms with Crippen molar-refractivity contribution in [2.45, 2.75) is 199 Å². The fraction of sp³-hybridized carbons (Fsp3) is 0.744. The van der Waals surface area contributed by atoms with Crippen molar-refractivity contribution in [2.75, 3.05) is 5.75 Å². The van der Waals surface area contributed by atoms with Crippen LogP contribution < -0.4 is 5.32 Å². The minimum Gasteiger partial charge on any atom is -0.387 e. The third-order valence-corrected chi connectivity index (χ3v) is 9.73. The molecule has 6 nitrogen and oxygen atoms in total. The summed E-state index contributed by atoms with van der Waals surface area (Å²) in [5.74, 6) is -1.01. The third-order valence-electron chi connectivity index (χ3n) is 8.95. The number of carbonyl (C=O) groups excluding carboxylic acids is 1. The quantitative estimate of drug-likeness (QED) is 0.0340. The standard InChI is InChI=1S/C43H77NO5S/c1-3-5-7-9-11-13-15-17-19-21-23-24-26-28-30-32-34-36-38-42(45)41(40-50(47,48)49)44-43(46)39-37-35-33-31-29-27-25-22-20-18-16-14-12-10-8-6-4-2/h6,8,12,14,18,20,25,27,36,38,41-42,45H,3-5,7,9-11,13,15-17,19,21-24,26,28-35,37,39-40H2,1-2H3,(H,44,46)(H,47,48,49)/b8-6-,14-12-,20-18-,27-25-,38-36+. The summed E-state index contributed by atoms with van der Waals surface area (Å²) < 4.78 is 32.5. The first-order chi connectivity index (χ1) is 24.3. The lowest BCUT2D eigenvalue weighted by molar-refractivity contribution is -0.122. The number of amides is 1. The number of allylic oxidation sites excluding steroid dienone is 9. The molecular formula is C43H77NO5S. The zero-order valence-corrected chi connectivity index (χ0v) is 33.1. The summed E-state index contributed by atoms with van der Waals surface area (Å²) in [5, 5.41) is 13.2. The van der Waals surface area contributed by atoms with Crippen molar-refractivity contribution in [1.82, 2.24) is 5.32 Å². The van der Waals surface area contributed by atoms with Gasteiger partial charge in [-0.15, -0.1) is 0 Å². The van der Waals surface area contributed by atoms with Gasteiger partial charge >= 0.3 is 0 Å². The van der Waals surface area contributed by atoms with Crippen LogP contribution in [0.4, 0.5) is 0 Å². The number of hydrogen-bond donors (Lipinski definition) is 3. The average Bonchev–Trinajstić information content (AvgIpc) is 3.08. The lowest BCUT2D eigenvalue weighted by Gasteiger charge is -2.21. The zero-order valence-electron chi connectivity index (χ0n) is 32.3. The van der Waals surface area contributed by atoms with E-state index < -0.39 is 28.0 Å². The average molecular weight is 720 g/mol. The van der Waals surface area contributed by atoms with Gasteiger partial charge in [-0.1, -0.05) is 184 Å². The van der Waals surface area contributed by atoms with Gasteiger partial charge in [0.2, 0.25) is 5.91 Å². The van der Waals surface area contributed by atoms with Crippen LogP contribution in [0.5, 0.6) is 0 Å². The van der Waals surface area contributed by atoms with Gasteiger partial charge in [-0.2, -0.15) is 8.42 Å². The van der Waals surface area contributed by atoms with Crippen LogP contribution in [0.3, 0.4) is 0 Å². The Bertz CT molecular complexity index is 1010. The van der Waals surface area contributed by atoms with Gasteiger partial charge in [-0.3, -0.25) is 9.35 Å². The molecule has 0 radical (unpaired) electrons. The van der Waals surface area contributed by atoms with E-state index in [0.29, 0.717) is 6.42 Å². The van der Waals surface area contributed by atoms with Gasteiger partial charge in [0.15, 0.2) is 0 Å². The maximum absolute atomic E-state index is 12.5. The first-order valence-electron chi connectivity index (χ1n) is 20.5. The highest BCUT2D eigenvalue weighted by atomic mass is 32.2. The summed E-state index contributed by atoms with van der Waals surface area (Å²) in [6.07, 6.45) is 50.6. The van der Waals surface area contributed by atoms with E-state index in [2.05, 4.69) is 67.8 Å². The van der Waals surface area contributed by atoms with Crippen molar-refractivity contribution >= 4 is 16.0 Å². The Kier molecular flexibility index (Phi) is 35.4. The maximum Gasteiger partial charge on any atom is 0.267 e. The van der Waals surface area contributed by atoms with Crippen LogP contribution in [0.25, 0.3) is 0 Å². The molecule has 0 saturated carbocycles. The molecule has 0 aromatic rings. The van der Waals surface area contributed by atoms with Crippen LogP contribution in [-0.4, -0.2) is 41.9 Å². The molecule has 0 bridgehead atoms. The van der Waals surface area contributed by atoms with E-state index >= 15 is 0 Å². The normalized spacial score (nSPS) is 13.9. The number of aliphatic hydroxyl groups excluding tert-OH is 1. The van der Waals surface area contributed by atoms with Crippen LogP contribution in [0.15, 0.2) is 60.8 Å². The molecule has 0 aliphatic carbocycles. The molecule has 0 spiro atoms. The summed E-state index contributed by atoms with van der Waals surface area (Å²) in [6.45, 7) is 4.41. The summed E-state index contributed by atoms with van der Waals surface area (Å²) in [6, 6.07) is -1.07. The van der Waals surface area contributed by atoms with E-state index in [0.717, 1.165) is 70.6 Å². The monoisotopic (exact) mass is 720 g/mol. The van der Waals surface area contributed by atoms with E-state index in [-0.39, 0.29) is 12.3 Å². The molecule has 50 heavy (non-hydrogen) atoms. The number of unbranched alkanes of at least 4 members (excludes halogenated alkanes) is 20. The summed E-state index contributed by atoms with van der Waals surface area (Å²) in [7, 11) is -4.35. The van der Waals surface area contributed by atoms with Crippen LogP contribution in [0, 0.1) is 0 Å². The van der Waals surface area contributed by atoms with Crippen molar-refractivity contribution in [3.05, 3.63) is 60.8 Å². The predicted octanol–water partition coefficient (Wildman–Crippen LogP) is 12.1. The molecule has 2 atom stereocenters. The van der Waals surface area contributed by atoms with Gasteiger partial charge in [-0.05, 0) is 57.8 Å². The smallest absolute Gasteiger partial charge is 0.267 e. The lowest BCUT2D eigenvalue weighted by Crippen LogP contribution is -2.46. The molecule has 7 heteroatoms. The summed E-state index contributed by atoms with van der Waals surface area (Å²) >= 11 is 0. The molecule has 0 aliphatic rings. The van der Waals surface area contributed by atoms with Crippen LogP contribution in [0.2, 0.25) is 0 Å². The van der Waals surface area contributed by atoms with Gasteiger partial charge < -0.3 is 10.4 Å². The molecule has 290 valence electrons. The molecule has 0 heterocycles. The van der Waals surface area contributed by atoms with Gasteiger partial charge in [-0.25, -0.2) is 0 Å². The van der Waals surface area contributed by atoms with Crippen molar-refractivity contribution in [3.63, 3.8) is 0 Å². The number of nitrogens with one attached hydrogen (secondary N) is 1. The fourth-order valence-electron chi connectivity index (χ4n) is 5.91. The minimum atomic E-state index is -4.35. The number of hydrogen-bond acceptors (Lipinski definition) is 4. The molecule has 0 aromatic heterocycles. The van der Waals surface area contributed by atoms with E-state index in [1.165, 1.54) is 89.9 Å². The van der Waals surface area contributed by atoms with E-state index in [4.69, 9.17) is 0 Å². The molecule has 3 N–H and O–H groups in total. The van der Waals surface area contributed by atoms with Gasteiger partial charge in [0.25, 0.3) is 10.1 Å². The molecule has 0 aromatic carbocycles. The van der Waals surface area contributed by atoms with Gasteiger partial charge in [0.05, 0.1) is 17.9 Å². The van der Waals surface area contributed by atoms with Crippen LogP contribution in [0.1, 0.15) is 187 Å². The fourth-order valence-corrected chi connectivity index (χ4v) is 6.64. The van der Waals surface area contributed by atoms with Crippen LogP contribution >= 0.6 is 0 Å². The Labute approximate surface area is 309 Å². The summed E-state index contributed by atoms with van der Waals surface area (Å²) in [5.41, 5.74) is 0. The number of aliphatic hydroxyl groups is 1. The van der Waals surface area contributed by atoms with Gasteiger partial charge in [0, 0.05) is 6.42 Å². The van der Waals surface area contributed by atoms with Crippen molar-refractivity contribution in [2.24, 2.45) is 0 Å². The molecule has 0 aliphatic heterocycles. The Balaban J connectivity index is 3.98. The summed E-state index contributed by atoms with van der Waals surface area (Å²) in [4.78, 5) is 12.5. The van der Waals surface area contributed by atoms with Crippen LogP contribution in [-0.2, 0) is 14.9 Å². The SMILES string of the molecule is CC/C=C\C/C=C\C/C=C\C/C=C\CCCCCCC(=O)NC(CS(=O)(=O)O)C(O)/C=C/CCCCCCCCCCCCCCCCCC. The predicted molar refractivity (Wildman–Crippen MR) is 216 cm³/mol. The highest BCUT2D eigenvalue weighted by Gasteiger charge is 2.24. The maximum atomic E-state index is 12.5. The largest absolute Gasteiger partial charge is 0.387 e. The minimum absolute atomic E-state index is 0.265. The van der Waals surface area contributed by atoms with E-state index in [9.17, 15) is 22.9 Å². The third kappa shape index (κ3) is 37.3. The van der Waals surface area contributed by atoms with Crippen molar-refractivity contribution in [3.8, 4) is 0 Å². The molecule has 2 unspecified atom stereocenters. The number of carbonyl (C=O) groups is 1. The Morgan fingerprint density at radius 2 is 0.960 bits per heavy atom. The lowest BCUT2D eigenvalue weighted by atomic mass is 10.0. The van der Waals surface area contributed by atoms with Gasteiger partial charge in [0.1, 0.15) is 0 Å². The van der Waals surface area contributed by atoms with E-state index in [1.807, 2.05) is 6.08 Å². The first kappa shape index (κ1) is 48.0. The Morgan fingerprint density at radius 3 is 1.42 bits per heavy atom. The highest BCUT2D eigenvalue weighted by molar-refractivity contribution is 7.85. The molecule has 0 fully saturated rings. The van der Waals surface area contributed by atoms with Crippen molar-refractivity contribution in [1.29, 1.82) is 0 Å². The highest BCUT2D eigenvalue weighted by Crippen LogP contribution is 2.14.